The van der Waals surface area contributed by atoms with Gasteiger partial charge in [-0.3, -0.25) is 39.2 Å². The Balaban J connectivity index is 1.29. The van der Waals surface area contributed by atoms with E-state index in [0.717, 1.165) is 47.2 Å². The molecule has 292 valence electrons. The number of primary amides is 2. The van der Waals surface area contributed by atoms with Crippen molar-refractivity contribution in [2.24, 2.45) is 16.9 Å². The van der Waals surface area contributed by atoms with Crippen LogP contribution in [0.4, 0.5) is 11.9 Å². The number of hydrogen-bond acceptors (Lipinski definition) is 8. The number of rotatable bonds is 3. The topological polar surface area (TPSA) is 216 Å². The maximum absolute atomic E-state index is 14.3. The molecule has 5 heterocycles. The van der Waals surface area contributed by atoms with Crippen molar-refractivity contribution >= 4 is 57.6 Å². The van der Waals surface area contributed by atoms with Gasteiger partial charge in [-0.25, -0.2) is 9.97 Å². The van der Waals surface area contributed by atoms with Crippen LogP contribution in [0.25, 0.3) is 22.1 Å². The molecule has 0 atom stereocenters. The molecule has 0 bridgehead atoms. The van der Waals surface area contributed by atoms with E-state index in [1.165, 1.54) is 0 Å². The minimum absolute atomic E-state index is 0.100. The lowest BCUT2D eigenvalue weighted by Gasteiger charge is -2.25. The fourth-order valence-corrected chi connectivity index (χ4v) is 7.67. The van der Waals surface area contributed by atoms with Gasteiger partial charge in [-0.15, -0.1) is 0 Å². The quantitative estimate of drug-likeness (QED) is 0.184. The lowest BCUT2D eigenvalue weighted by Crippen LogP contribution is -2.23. The molecule has 6 N–H and O–H groups in total. The molecule has 56 heavy (non-hydrogen) atoms. The van der Waals surface area contributed by atoms with Gasteiger partial charge >= 0.3 is 0 Å². The highest BCUT2D eigenvalue weighted by Gasteiger charge is 2.27. The van der Waals surface area contributed by atoms with Crippen molar-refractivity contribution in [3.63, 3.8) is 0 Å². The maximum atomic E-state index is 14.3. The molecule has 7 rings (SSSR count). The summed E-state index contributed by atoms with van der Waals surface area (Å²) in [5.41, 5.74) is 17.6. The van der Waals surface area contributed by atoms with Crippen LogP contribution >= 0.6 is 0 Å². The number of carbonyl (C=O) groups is 4. The number of nitrogens with two attached hydrogens (primary N) is 2. The number of anilines is 2. The van der Waals surface area contributed by atoms with Gasteiger partial charge in [0.25, 0.3) is 11.8 Å². The Morgan fingerprint density at radius 1 is 0.768 bits per heavy atom. The number of fused-ring (bicyclic) bond motifs is 8. The first-order chi connectivity index (χ1) is 26.7. The molecule has 0 aliphatic carbocycles. The van der Waals surface area contributed by atoms with Crippen LogP contribution in [0.5, 0.6) is 0 Å². The minimum Gasteiger partial charge on any atom is -0.366 e. The van der Waals surface area contributed by atoms with Gasteiger partial charge in [0.15, 0.2) is 0 Å². The fraction of sp³-hybridized carbons (Fsp3) is 0.400. The molecule has 0 radical (unpaired) electrons. The van der Waals surface area contributed by atoms with E-state index in [1.807, 2.05) is 29.9 Å². The second-order valence-electron chi connectivity index (χ2n) is 15.3. The predicted molar refractivity (Wildman–Crippen MR) is 213 cm³/mol. The number of nitrogens with one attached hydrogen (secondary N) is 2. The van der Waals surface area contributed by atoms with Gasteiger partial charge in [0, 0.05) is 42.9 Å². The van der Waals surface area contributed by atoms with E-state index in [1.54, 1.807) is 51.8 Å². The van der Waals surface area contributed by atoms with Crippen LogP contribution in [-0.2, 0) is 32.6 Å². The lowest BCUT2D eigenvalue weighted by molar-refractivity contribution is 0.0992. The third-order valence-electron chi connectivity index (χ3n) is 10.7. The van der Waals surface area contributed by atoms with Crippen LogP contribution in [0.15, 0.2) is 42.5 Å². The first-order valence-electron chi connectivity index (χ1n) is 19.1. The zero-order valence-electron chi connectivity index (χ0n) is 32.5. The van der Waals surface area contributed by atoms with Crippen molar-refractivity contribution in [1.82, 2.24) is 38.7 Å². The molecule has 0 saturated carbocycles. The molecule has 4 aromatic heterocycles. The third kappa shape index (κ3) is 7.50. The number of imidazole rings is 2. The Kier molecular flexibility index (Phi) is 10.2. The van der Waals surface area contributed by atoms with E-state index in [4.69, 9.17) is 26.5 Å². The van der Waals surface area contributed by atoms with Crippen LogP contribution in [0.3, 0.4) is 0 Å². The summed E-state index contributed by atoms with van der Waals surface area (Å²) in [5, 5.41) is 15.5. The molecule has 16 heteroatoms. The monoisotopic (exact) mass is 760 g/mol. The summed E-state index contributed by atoms with van der Waals surface area (Å²) >= 11 is 0. The highest BCUT2D eigenvalue weighted by molar-refractivity contribution is 6.05. The molecular weight excluding hydrogens is 713 g/mol. The van der Waals surface area contributed by atoms with Crippen LogP contribution < -0.4 is 22.1 Å². The molecular formula is C40H48N12O4. The first kappa shape index (κ1) is 38.0. The smallest absolute Gasteiger partial charge is 0.276 e. The highest BCUT2D eigenvalue weighted by atomic mass is 16.2. The molecule has 1 aliphatic heterocycles. The largest absolute Gasteiger partial charge is 0.366 e. The zero-order valence-corrected chi connectivity index (χ0v) is 32.5. The number of hydrogen-bond donors (Lipinski definition) is 4. The summed E-state index contributed by atoms with van der Waals surface area (Å²) in [5.74, 6) is -1.12. The molecule has 0 spiro atoms. The fourth-order valence-electron chi connectivity index (χ4n) is 7.67. The summed E-state index contributed by atoms with van der Waals surface area (Å²) in [6, 6.07) is 11.9. The zero-order chi connectivity index (χ0) is 39.9. The van der Waals surface area contributed by atoms with Crippen LogP contribution in [-0.4, -0.2) is 62.3 Å². The van der Waals surface area contributed by atoms with Crippen LogP contribution in [0.1, 0.15) is 112 Å². The molecule has 6 aromatic rings. The molecule has 2 aromatic carbocycles. The first-order valence-corrected chi connectivity index (χ1v) is 19.1. The Morgan fingerprint density at radius 3 is 1.89 bits per heavy atom. The SMILES string of the molecule is CCn1nc(C)c2c1C(=O)Nc1nc3cc(C(N)=O)ccc3n1CCCCn1c(nc3cc(C(N)=O)ccc31)NC(=O)c1cc(C)nn1CCCC(C)(C)CC2. The third-order valence-corrected chi connectivity index (χ3v) is 10.7. The second kappa shape index (κ2) is 15.1. The van der Waals surface area contributed by atoms with Gasteiger partial charge in [0.2, 0.25) is 23.7 Å². The number of benzene rings is 2. The van der Waals surface area contributed by atoms with Crippen LogP contribution in [0, 0.1) is 19.3 Å². The van der Waals surface area contributed by atoms with Crippen LogP contribution in [0.2, 0.25) is 0 Å². The Hall–Kier alpha value is -6.32. The highest BCUT2D eigenvalue weighted by Crippen LogP contribution is 2.32. The summed E-state index contributed by atoms with van der Waals surface area (Å²) in [7, 11) is 0. The predicted octanol–water partition coefficient (Wildman–Crippen LogP) is 5.35. The summed E-state index contributed by atoms with van der Waals surface area (Å²) in [4.78, 5) is 61.8. The Morgan fingerprint density at radius 2 is 1.34 bits per heavy atom. The van der Waals surface area contributed by atoms with Gasteiger partial charge in [0.1, 0.15) is 11.4 Å². The Bertz CT molecular complexity index is 2520. The molecule has 16 nitrogen and oxygen atoms in total. The van der Waals surface area contributed by atoms with Crippen molar-refractivity contribution in [1.29, 1.82) is 0 Å². The molecule has 4 amide bonds. The van der Waals surface area contributed by atoms with Gasteiger partial charge in [-0.2, -0.15) is 10.2 Å². The normalized spacial score (nSPS) is 15.8. The molecule has 0 fully saturated rings. The van der Waals surface area contributed by atoms with Crippen molar-refractivity contribution in [2.45, 2.75) is 99.3 Å². The van der Waals surface area contributed by atoms with E-state index in [9.17, 15) is 19.2 Å². The van der Waals surface area contributed by atoms with E-state index < -0.39 is 11.8 Å². The minimum atomic E-state index is -0.575. The molecule has 0 saturated heterocycles. The molecule has 1 aliphatic rings. The van der Waals surface area contributed by atoms with Crippen molar-refractivity contribution < 1.29 is 19.2 Å². The Labute approximate surface area is 323 Å². The average Bonchev–Trinajstić information content (AvgIpc) is 3.89. The maximum Gasteiger partial charge on any atom is 0.276 e. The van der Waals surface area contributed by atoms with E-state index >= 15 is 0 Å². The molecule has 0 unspecified atom stereocenters. The van der Waals surface area contributed by atoms with Gasteiger partial charge < -0.3 is 20.6 Å². The summed E-state index contributed by atoms with van der Waals surface area (Å²) in [6.07, 6.45) is 4.35. The lowest BCUT2D eigenvalue weighted by atomic mass is 9.81. The number of carbonyl (C=O) groups excluding carboxylic acids is 4. The number of nitrogens with zero attached hydrogens (tertiary/aromatic N) is 8. The second-order valence-corrected chi connectivity index (χ2v) is 15.3. The number of aromatic nitrogens is 8. The van der Waals surface area contributed by atoms with Gasteiger partial charge in [-0.1, -0.05) is 13.8 Å². The van der Waals surface area contributed by atoms with E-state index in [-0.39, 0.29) is 17.2 Å². The summed E-state index contributed by atoms with van der Waals surface area (Å²) < 4.78 is 7.35. The van der Waals surface area contributed by atoms with E-state index in [0.29, 0.717) is 90.9 Å². The average molecular weight is 761 g/mol. The van der Waals surface area contributed by atoms with Crippen molar-refractivity contribution in [2.75, 3.05) is 10.6 Å². The van der Waals surface area contributed by atoms with Gasteiger partial charge in [-0.05, 0) is 107 Å². The summed E-state index contributed by atoms with van der Waals surface area (Å²) in [6.45, 7) is 12.2. The van der Waals surface area contributed by atoms with Crippen molar-refractivity contribution in [3.8, 4) is 0 Å². The number of amides is 4. The standard InChI is InChI=1S/C40H48N12O4/c1-6-51-33-27(24(3)48-51)14-16-40(4,5)15-9-19-52-32(20-23(2)47-52)36(55)45-38-43-28-21-25(34(41)53)10-12-30(28)49(38)17-7-8-18-50-31-13-11-26(35(42)54)22-29(31)44-39(50)46-37(33)56/h10-13,20-22H,6-9,14-19H2,1-5H3,(H2,41,53)(H2,42,54)(H,43,45,55)(H,44,46,56). The van der Waals surface area contributed by atoms with E-state index in [2.05, 4.69) is 29.6 Å². The van der Waals surface area contributed by atoms with Gasteiger partial charge in [0.05, 0.1) is 33.5 Å². The van der Waals surface area contributed by atoms with Crippen molar-refractivity contribution in [3.05, 3.63) is 81.9 Å². The number of aryl methyl sites for hydroxylation is 6.